The number of carbonyl (C=O) groups excluding carboxylic acids is 1. The fourth-order valence-corrected chi connectivity index (χ4v) is 3.35. The highest BCUT2D eigenvalue weighted by atomic mass is 32.2. The minimum absolute atomic E-state index is 0.0179. The normalized spacial score (nSPS) is 12.2. The zero-order valence-electron chi connectivity index (χ0n) is 16.3. The van der Waals surface area contributed by atoms with E-state index in [2.05, 4.69) is 15.5 Å². The first-order valence-electron chi connectivity index (χ1n) is 8.91. The van der Waals surface area contributed by atoms with Crippen molar-refractivity contribution in [2.24, 2.45) is 0 Å². The molecule has 9 heteroatoms. The van der Waals surface area contributed by atoms with Crippen molar-refractivity contribution in [3.8, 4) is 5.69 Å². The van der Waals surface area contributed by atoms with Gasteiger partial charge in [-0.15, -0.1) is 10.2 Å². The number of hydrogen-bond acceptors (Lipinski definition) is 5. The Morgan fingerprint density at radius 2 is 1.83 bits per heavy atom. The molecule has 1 aromatic heterocycles. The molecule has 1 amide bonds. The van der Waals surface area contributed by atoms with Crippen LogP contribution in [-0.2, 0) is 4.79 Å². The largest absolute Gasteiger partial charge is 0.323 e. The van der Waals surface area contributed by atoms with E-state index in [0.717, 1.165) is 0 Å². The monoisotopic (exact) mass is 417 g/mol. The minimum Gasteiger partial charge on any atom is -0.323 e. The standard InChI is InChI=1S/C20H21F2N5OS/c1-13(26(2)3)19-24-25-20(27(19)15-10-8-14(21)9-11-15)29-12-18(28)23-17-7-5-4-6-16(17)22/h4-11,13H,12H2,1-3H3,(H,23,28)/t13-/m1/s1. The lowest BCUT2D eigenvalue weighted by molar-refractivity contribution is -0.113. The van der Waals surface area contributed by atoms with E-state index in [1.54, 1.807) is 28.8 Å². The summed E-state index contributed by atoms with van der Waals surface area (Å²) in [6, 6.07) is 11.9. The SMILES string of the molecule is C[C@H](c1nnc(SCC(=O)Nc2ccccc2F)n1-c1ccc(F)cc1)N(C)C. The number of nitrogens with zero attached hydrogens (tertiary/aromatic N) is 4. The molecule has 152 valence electrons. The van der Waals surface area contributed by atoms with E-state index in [1.807, 2.05) is 25.9 Å². The van der Waals surface area contributed by atoms with Crippen LogP contribution in [0.4, 0.5) is 14.5 Å². The zero-order chi connectivity index (χ0) is 21.0. The molecule has 0 radical (unpaired) electrons. The Kier molecular flexibility index (Phi) is 6.60. The molecule has 0 saturated heterocycles. The molecule has 0 unspecified atom stereocenters. The van der Waals surface area contributed by atoms with Gasteiger partial charge in [0.1, 0.15) is 11.6 Å². The van der Waals surface area contributed by atoms with Gasteiger partial charge in [-0.25, -0.2) is 8.78 Å². The Morgan fingerprint density at radius 1 is 1.14 bits per heavy atom. The molecule has 3 aromatic rings. The van der Waals surface area contributed by atoms with Crippen molar-refractivity contribution in [1.29, 1.82) is 0 Å². The van der Waals surface area contributed by atoms with Crippen LogP contribution in [0.5, 0.6) is 0 Å². The molecular formula is C20H21F2N5OS. The van der Waals surface area contributed by atoms with E-state index in [4.69, 9.17) is 0 Å². The number of para-hydroxylation sites is 1. The highest BCUT2D eigenvalue weighted by Crippen LogP contribution is 2.27. The van der Waals surface area contributed by atoms with Crippen molar-refractivity contribution in [3.05, 3.63) is 66.0 Å². The molecule has 29 heavy (non-hydrogen) atoms. The van der Waals surface area contributed by atoms with Gasteiger partial charge >= 0.3 is 0 Å². The molecule has 0 aliphatic heterocycles. The lowest BCUT2D eigenvalue weighted by atomic mass is 10.2. The molecule has 0 aliphatic carbocycles. The Hall–Kier alpha value is -2.78. The zero-order valence-corrected chi connectivity index (χ0v) is 17.1. The second-order valence-electron chi connectivity index (χ2n) is 6.61. The first-order chi connectivity index (χ1) is 13.9. The number of halogens is 2. The smallest absolute Gasteiger partial charge is 0.234 e. The van der Waals surface area contributed by atoms with Gasteiger partial charge in [-0.2, -0.15) is 0 Å². The predicted molar refractivity (Wildman–Crippen MR) is 109 cm³/mol. The van der Waals surface area contributed by atoms with Crippen LogP contribution in [0, 0.1) is 11.6 Å². The summed E-state index contributed by atoms with van der Waals surface area (Å²) in [6.45, 7) is 1.98. The molecule has 3 rings (SSSR count). The van der Waals surface area contributed by atoms with Crippen LogP contribution in [0.3, 0.4) is 0 Å². The molecule has 0 bridgehead atoms. The maximum absolute atomic E-state index is 13.7. The Balaban J connectivity index is 1.82. The van der Waals surface area contributed by atoms with Crippen LogP contribution in [0.25, 0.3) is 5.69 Å². The van der Waals surface area contributed by atoms with Crippen molar-refractivity contribution in [3.63, 3.8) is 0 Å². The van der Waals surface area contributed by atoms with Gasteiger partial charge in [-0.1, -0.05) is 23.9 Å². The number of hydrogen-bond donors (Lipinski definition) is 1. The van der Waals surface area contributed by atoms with E-state index >= 15 is 0 Å². The van der Waals surface area contributed by atoms with Gasteiger partial charge in [0.25, 0.3) is 0 Å². The van der Waals surface area contributed by atoms with Crippen LogP contribution in [0.2, 0.25) is 0 Å². The van der Waals surface area contributed by atoms with Crippen LogP contribution < -0.4 is 5.32 Å². The van der Waals surface area contributed by atoms with Crippen molar-refractivity contribution >= 4 is 23.4 Å². The van der Waals surface area contributed by atoms with E-state index in [9.17, 15) is 13.6 Å². The van der Waals surface area contributed by atoms with E-state index in [0.29, 0.717) is 16.7 Å². The quantitative estimate of drug-likeness (QED) is 0.591. The third-order valence-electron chi connectivity index (χ3n) is 4.37. The van der Waals surface area contributed by atoms with Crippen molar-refractivity contribution in [1.82, 2.24) is 19.7 Å². The number of thioether (sulfide) groups is 1. The van der Waals surface area contributed by atoms with Crippen molar-refractivity contribution < 1.29 is 13.6 Å². The molecular weight excluding hydrogens is 396 g/mol. The molecule has 1 N–H and O–H groups in total. The number of carbonyl (C=O) groups is 1. The molecule has 0 aliphatic rings. The number of anilines is 1. The molecule has 0 saturated carbocycles. The van der Waals surface area contributed by atoms with Crippen LogP contribution in [0.1, 0.15) is 18.8 Å². The van der Waals surface area contributed by atoms with Gasteiger partial charge in [0.05, 0.1) is 17.5 Å². The maximum atomic E-state index is 13.7. The maximum Gasteiger partial charge on any atom is 0.234 e. The number of nitrogens with one attached hydrogen (secondary N) is 1. The summed E-state index contributed by atoms with van der Waals surface area (Å²) in [7, 11) is 3.84. The third kappa shape index (κ3) is 4.99. The van der Waals surface area contributed by atoms with Gasteiger partial charge in [0.2, 0.25) is 5.91 Å². The number of rotatable bonds is 7. The van der Waals surface area contributed by atoms with E-state index in [1.165, 1.54) is 36.0 Å². The summed E-state index contributed by atoms with van der Waals surface area (Å²) < 4.78 is 28.9. The van der Waals surface area contributed by atoms with Gasteiger partial charge in [0.15, 0.2) is 11.0 Å². The van der Waals surface area contributed by atoms with E-state index < -0.39 is 5.82 Å². The highest BCUT2D eigenvalue weighted by Gasteiger charge is 2.21. The van der Waals surface area contributed by atoms with Crippen LogP contribution in [-0.4, -0.2) is 45.4 Å². The summed E-state index contributed by atoms with van der Waals surface area (Å²) >= 11 is 1.17. The summed E-state index contributed by atoms with van der Waals surface area (Å²) in [5.41, 5.74) is 0.817. The second-order valence-corrected chi connectivity index (χ2v) is 7.55. The fraction of sp³-hybridized carbons (Fsp3) is 0.250. The highest BCUT2D eigenvalue weighted by molar-refractivity contribution is 7.99. The summed E-state index contributed by atoms with van der Waals surface area (Å²) in [4.78, 5) is 14.2. The molecule has 1 atom stereocenters. The Bertz CT molecular complexity index is 991. The summed E-state index contributed by atoms with van der Waals surface area (Å²) in [5.74, 6) is -0.524. The lowest BCUT2D eigenvalue weighted by Gasteiger charge is -2.20. The van der Waals surface area contributed by atoms with Crippen molar-refractivity contribution in [2.75, 3.05) is 25.2 Å². The molecule has 6 nitrogen and oxygen atoms in total. The van der Waals surface area contributed by atoms with Crippen LogP contribution >= 0.6 is 11.8 Å². The topological polar surface area (TPSA) is 63.1 Å². The van der Waals surface area contributed by atoms with Crippen molar-refractivity contribution in [2.45, 2.75) is 18.1 Å². The minimum atomic E-state index is -0.498. The third-order valence-corrected chi connectivity index (χ3v) is 5.30. The predicted octanol–water partition coefficient (Wildman–Crippen LogP) is 3.90. The van der Waals surface area contributed by atoms with Gasteiger partial charge in [0, 0.05) is 5.69 Å². The van der Waals surface area contributed by atoms with Crippen LogP contribution in [0.15, 0.2) is 53.7 Å². The second kappa shape index (κ2) is 9.15. The number of amides is 1. The Labute approximate surface area is 171 Å². The van der Waals surface area contributed by atoms with Gasteiger partial charge in [-0.05, 0) is 57.4 Å². The van der Waals surface area contributed by atoms with Gasteiger partial charge < -0.3 is 5.32 Å². The first-order valence-corrected chi connectivity index (χ1v) is 9.90. The Morgan fingerprint density at radius 3 is 2.48 bits per heavy atom. The number of benzene rings is 2. The average Bonchev–Trinajstić information content (AvgIpc) is 3.12. The van der Waals surface area contributed by atoms with E-state index in [-0.39, 0.29) is 29.2 Å². The molecule has 0 fully saturated rings. The molecule has 0 spiro atoms. The first kappa shape index (κ1) is 20.9. The summed E-state index contributed by atoms with van der Waals surface area (Å²) in [5, 5.41) is 11.5. The summed E-state index contributed by atoms with van der Waals surface area (Å²) in [6.07, 6.45) is 0. The molecule has 2 aromatic carbocycles. The molecule has 1 heterocycles. The number of aromatic nitrogens is 3. The lowest BCUT2D eigenvalue weighted by Crippen LogP contribution is -2.21. The fourth-order valence-electron chi connectivity index (χ4n) is 2.59. The average molecular weight is 417 g/mol. The van der Waals surface area contributed by atoms with Gasteiger partial charge in [-0.3, -0.25) is 14.3 Å².